The molecule has 5 rings (SSSR count). The van der Waals surface area contributed by atoms with E-state index in [1.54, 1.807) is 59.8 Å². The molecule has 2 aliphatic rings. The summed E-state index contributed by atoms with van der Waals surface area (Å²) in [5, 5.41) is 7.45. The minimum Gasteiger partial charge on any atom is -0.493 e. The number of rotatable bonds is 9. The number of hydrogen-bond donors (Lipinski definition) is 1. The zero-order valence-electron chi connectivity index (χ0n) is 24.6. The SMILES string of the molecule is COc1c(CNC(=O)c2cc(C3CC3)nn2C)cccc1OCc1ccc(C(=O)N2CCN(C(=O)N(C)C)CC2)cc1. The van der Waals surface area contributed by atoms with Gasteiger partial charge in [0, 0.05) is 70.9 Å². The molecule has 4 amide bonds. The maximum absolute atomic E-state index is 13.0. The summed E-state index contributed by atoms with van der Waals surface area (Å²) in [5.41, 5.74) is 3.80. The van der Waals surface area contributed by atoms with Crippen molar-refractivity contribution in [3.63, 3.8) is 0 Å². The standard InChI is InChI=1S/C31H38N6O5/c1-34(2)31(40)37-16-14-36(15-17-37)30(39)23-10-8-21(9-11-23)20-42-27-7-5-6-24(28(27)41-4)19-32-29(38)26-18-25(22-12-13-22)33-35(26)3/h5-11,18,22H,12-17,19-20H2,1-4H3,(H,32,38). The van der Waals surface area contributed by atoms with Crippen LogP contribution in [0.5, 0.6) is 11.5 Å². The number of benzene rings is 2. The molecule has 0 atom stereocenters. The normalized spacial score (nSPS) is 14.9. The summed E-state index contributed by atoms with van der Waals surface area (Å²) < 4.78 is 13.4. The number of nitrogens with one attached hydrogen (secondary N) is 1. The maximum atomic E-state index is 13.0. The topological polar surface area (TPSA) is 109 Å². The van der Waals surface area contributed by atoms with Crippen LogP contribution in [0.1, 0.15) is 56.4 Å². The molecule has 0 unspecified atom stereocenters. The highest BCUT2D eigenvalue weighted by atomic mass is 16.5. The molecule has 2 heterocycles. The minimum atomic E-state index is -0.191. The van der Waals surface area contributed by atoms with Crippen molar-refractivity contribution >= 4 is 17.8 Å². The van der Waals surface area contributed by atoms with Crippen molar-refractivity contribution in [3.05, 3.63) is 76.6 Å². The first-order valence-electron chi connectivity index (χ1n) is 14.2. The van der Waals surface area contributed by atoms with Gasteiger partial charge in [-0.3, -0.25) is 14.3 Å². The number of urea groups is 1. The zero-order valence-corrected chi connectivity index (χ0v) is 24.6. The van der Waals surface area contributed by atoms with Gasteiger partial charge in [0.2, 0.25) is 0 Å². The number of amides is 4. The smallest absolute Gasteiger partial charge is 0.319 e. The van der Waals surface area contributed by atoms with Crippen molar-refractivity contribution in [2.75, 3.05) is 47.4 Å². The zero-order chi connectivity index (χ0) is 29.8. The second kappa shape index (κ2) is 12.5. The van der Waals surface area contributed by atoms with E-state index < -0.39 is 0 Å². The summed E-state index contributed by atoms with van der Waals surface area (Å²) in [5.74, 6) is 1.35. The number of carbonyl (C=O) groups is 3. The van der Waals surface area contributed by atoms with Gasteiger partial charge in [0.15, 0.2) is 11.5 Å². The molecule has 11 heteroatoms. The number of methoxy groups -OCH3 is 1. The Bertz CT molecular complexity index is 1440. The fourth-order valence-corrected chi connectivity index (χ4v) is 5.06. The number of aryl methyl sites for hydroxylation is 1. The maximum Gasteiger partial charge on any atom is 0.319 e. The molecule has 0 spiro atoms. The average Bonchev–Trinajstić information content (AvgIpc) is 3.79. The van der Waals surface area contributed by atoms with Crippen molar-refractivity contribution in [1.82, 2.24) is 29.8 Å². The summed E-state index contributed by atoms with van der Waals surface area (Å²) in [4.78, 5) is 43.1. The molecule has 3 aromatic rings. The van der Waals surface area contributed by atoms with Crippen LogP contribution >= 0.6 is 0 Å². The molecule has 1 aliphatic heterocycles. The van der Waals surface area contributed by atoms with E-state index in [4.69, 9.17) is 9.47 Å². The molecule has 2 fully saturated rings. The molecule has 1 aliphatic carbocycles. The third-order valence-corrected chi connectivity index (χ3v) is 7.65. The number of para-hydroxylation sites is 1. The van der Waals surface area contributed by atoms with Crippen molar-refractivity contribution in [3.8, 4) is 11.5 Å². The van der Waals surface area contributed by atoms with Gasteiger partial charge in [-0.15, -0.1) is 0 Å². The Labute approximate surface area is 246 Å². The lowest BCUT2D eigenvalue weighted by atomic mass is 10.1. The van der Waals surface area contributed by atoms with Crippen LogP contribution in [0.15, 0.2) is 48.5 Å². The Morgan fingerprint density at radius 1 is 1.00 bits per heavy atom. The van der Waals surface area contributed by atoms with Gasteiger partial charge in [-0.05, 0) is 42.7 Å². The largest absolute Gasteiger partial charge is 0.493 e. The van der Waals surface area contributed by atoms with Crippen LogP contribution < -0.4 is 14.8 Å². The van der Waals surface area contributed by atoms with Gasteiger partial charge in [-0.1, -0.05) is 24.3 Å². The Hall–Kier alpha value is -4.54. The quantitative estimate of drug-likeness (QED) is 0.420. The van der Waals surface area contributed by atoms with E-state index >= 15 is 0 Å². The number of ether oxygens (including phenoxy) is 2. The van der Waals surface area contributed by atoms with Crippen molar-refractivity contribution in [2.45, 2.75) is 31.9 Å². The van der Waals surface area contributed by atoms with Crippen LogP contribution in [0.25, 0.3) is 0 Å². The number of carbonyl (C=O) groups excluding carboxylic acids is 3. The van der Waals surface area contributed by atoms with E-state index in [-0.39, 0.29) is 31.0 Å². The van der Waals surface area contributed by atoms with Gasteiger partial charge in [-0.2, -0.15) is 5.10 Å². The van der Waals surface area contributed by atoms with E-state index in [0.717, 1.165) is 29.7 Å². The van der Waals surface area contributed by atoms with Crippen LogP contribution in [0.3, 0.4) is 0 Å². The summed E-state index contributed by atoms with van der Waals surface area (Å²) in [6.45, 7) is 2.60. The predicted octanol–water partition coefficient (Wildman–Crippen LogP) is 3.25. The fourth-order valence-electron chi connectivity index (χ4n) is 5.06. The van der Waals surface area contributed by atoms with E-state index in [1.165, 1.54) is 0 Å². The number of hydrogen-bond acceptors (Lipinski definition) is 6. The van der Waals surface area contributed by atoms with E-state index in [9.17, 15) is 14.4 Å². The molecule has 1 N–H and O–H groups in total. The predicted molar refractivity (Wildman–Crippen MR) is 157 cm³/mol. The lowest BCUT2D eigenvalue weighted by Crippen LogP contribution is -2.52. The van der Waals surface area contributed by atoms with E-state index in [2.05, 4.69) is 10.4 Å². The van der Waals surface area contributed by atoms with Gasteiger partial charge in [0.1, 0.15) is 12.3 Å². The summed E-state index contributed by atoms with van der Waals surface area (Å²) in [6.07, 6.45) is 2.26. The van der Waals surface area contributed by atoms with Gasteiger partial charge in [-0.25, -0.2) is 4.79 Å². The molecule has 2 aromatic carbocycles. The molecule has 11 nitrogen and oxygen atoms in total. The molecule has 1 saturated carbocycles. The molecule has 1 saturated heterocycles. The number of piperazine rings is 1. The van der Waals surface area contributed by atoms with Crippen LogP contribution in [0.4, 0.5) is 4.79 Å². The number of nitrogens with zero attached hydrogens (tertiary/aromatic N) is 5. The highest BCUT2D eigenvalue weighted by Gasteiger charge is 2.28. The minimum absolute atomic E-state index is 0.0368. The molecule has 222 valence electrons. The second-order valence-corrected chi connectivity index (χ2v) is 10.9. The Morgan fingerprint density at radius 3 is 2.33 bits per heavy atom. The van der Waals surface area contributed by atoms with E-state index in [1.807, 2.05) is 36.4 Å². The first kappa shape index (κ1) is 29.0. The third-order valence-electron chi connectivity index (χ3n) is 7.65. The first-order chi connectivity index (χ1) is 20.2. The monoisotopic (exact) mass is 574 g/mol. The van der Waals surface area contributed by atoms with Crippen LogP contribution in [0.2, 0.25) is 0 Å². The Kier molecular flexibility index (Phi) is 8.65. The summed E-state index contributed by atoms with van der Waals surface area (Å²) in [7, 11) is 6.82. The van der Waals surface area contributed by atoms with Crippen LogP contribution in [-0.4, -0.2) is 89.7 Å². The van der Waals surface area contributed by atoms with E-state index in [0.29, 0.717) is 54.9 Å². The van der Waals surface area contributed by atoms with Gasteiger partial charge in [0.05, 0.1) is 12.8 Å². The van der Waals surface area contributed by atoms with Crippen LogP contribution in [-0.2, 0) is 20.2 Å². The van der Waals surface area contributed by atoms with Gasteiger partial charge in [0.25, 0.3) is 11.8 Å². The molecule has 0 bridgehead atoms. The van der Waals surface area contributed by atoms with Gasteiger partial charge < -0.3 is 29.5 Å². The summed E-state index contributed by atoms with van der Waals surface area (Å²) in [6, 6.07) is 14.8. The summed E-state index contributed by atoms with van der Waals surface area (Å²) >= 11 is 0. The average molecular weight is 575 g/mol. The molecule has 42 heavy (non-hydrogen) atoms. The lowest BCUT2D eigenvalue weighted by Gasteiger charge is -2.36. The molecule has 1 aromatic heterocycles. The fraction of sp³-hybridized carbons (Fsp3) is 0.419. The first-order valence-corrected chi connectivity index (χ1v) is 14.2. The Balaban J connectivity index is 1.15. The molecular formula is C31H38N6O5. The van der Waals surface area contributed by atoms with Crippen molar-refractivity contribution in [2.24, 2.45) is 7.05 Å². The third kappa shape index (κ3) is 6.50. The Morgan fingerprint density at radius 2 is 1.69 bits per heavy atom. The molecule has 0 radical (unpaired) electrons. The molecular weight excluding hydrogens is 536 g/mol. The highest BCUT2D eigenvalue weighted by molar-refractivity contribution is 5.94. The van der Waals surface area contributed by atoms with Crippen LogP contribution in [0, 0.1) is 0 Å². The van der Waals surface area contributed by atoms with Crippen molar-refractivity contribution in [1.29, 1.82) is 0 Å². The lowest BCUT2D eigenvalue weighted by molar-refractivity contribution is 0.0650. The highest BCUT2D eigenvalue weighted by Crippen LogP contribution is 2.39. The van der Waals surface area contributed by atoms with Gasteiger partial charge >= 0.3 is 6.03 Å². The van der Waals surface area contributed by atoms with Crippen molar-refractivity contribution < 1.29 is 23.9 Å². The number of aromatic nitrogens is 2. The second-order valence-electron chi connectivity index (χ2n) is 10.9.